The standard InChI is InChI=1S/C12H14BrCl2NO/c1-7(2)9(13)6-16-12(17)8-3-4-10(14)11(15)5-8/h3-5,7,9H,6H2,1-2H3,(H,16,17). The second-order valence-electron chi connectivity index (χ2n) is 4.10. The number of carbonyl (C=O) groups excluding carboxylic acids is 1. The number of benzene rings is 1. The molecule has 1 N–H and O–H groups in total. The number of rotatable bonds is 4. The van der Waals surface area contributed by atoms with Gasteiger partial charge in [0, 0.05) is 16.9 Å². The molecule has 1 rings (SSSR count). The summed E-state index contributed by atoms with van der Waals surface area (Å²) in [4.78, 5) is 12.1. The van der Waals surface area contributed by atoms with Gasteiger partial charge in [-0.25, -0.2) is 0 Å². The van der Waals surface area contributed by atoms with E-state index in [9.17, 15) is 4.79 Å². The van der Waals surface area contributed by atoms with Crippen LogP contribution in [0.2, 0.25) is 10.0 Å². The van der Waals surface area contributed by atoms with E-state index in [4.69, 9.17) is 23.2 Å². The quantitative estimate of drug-likeness (QED) is 0.821. The smallest absolute Gasteiger partial charge is 0.251 e. The molecule has 1 atom stereocenters. The van der Waals surface area contributed by atoms with E-state index in [2.05, 4.69) is 35.1 Å². The van der Waals surface area contributed by atoms with Crippen LogP contribution in [0.5, 0.6) is 0 Å². The molecule has 0 fully saturated rings. The summed E-state index contributed by atoms with van der Waals surface area (Å²) in [5, 5.41) is 3.67. The normalized spacial score (nSPS) is 12.6. The largest absolute Gasteiger partial charge is 0.351 e. The maximum absolute atomic E-state index is 11.8. The first-order chi connectivity index (χ1) is 7.91. The van der Waals surface area contributed by atoms with Gasteiger partial charge in [0.1, 0.15) is 0 Å². The van der Waals surface area contributed by atoms with E-state index >= 15 is 0 Å². The molecule has 0 radical (unpaired) electrons. The van der Waals surface area contributed by atoms with Gasteiger partial charge in [-0.2, -0.15) is 0 Å². The highest BCUT2D eigenvalue weighted by atomic mass is 79.9. The van der Waals surface area contributed by atoms with Crippen LogP contribution in [-0.4, -0.2) is 17.3 Å². The third-order valence-electron chi connectivity index (χ3n) is 2.36. The lowest BCUT2D eigenvalue weighted by molar-refractivity contribution is 0.0953. The highest BCUT2D eigenvalue weighted by Gasteiger charge is 2.12. The molecule has 0 saturated carbocycles. The molecule has 0 spiro atoms. The van der Waals surface area contributed by atoms with Crippen molar-refractivity contribution in [1.29, 1.82) is 0 Å². The van der Waals surface area contributed by atoms with Crippen LogP contribution in [0, 0.1) is 5.92 Å². The van der Waals surface area contributed by atoms with Gasteiger partial charge in [0.15, 0.2) is 0 Å². The highest BCUT2D eigenvalue weighted by Crippen LogP contribution is 2.22. The summed E-state index contributed by atoms with van der Waals surface area (Å²) >= 11 is 15.1. The van der Waals surface area contributed by atoms with Crippen molar-refractivity contribution in [2.24, 2.45) is 5.92 Å². The Morgan fingerprint density at radius 3 is 2.53 bits per heavy atom. The number of alkyl halides is 1. The molecule has 2 nitrogen and oxygen atoms in total. The van der Waals surface area contributed by atoms with E-state index in [0.717, 1.165) is 0 Å². The van der Waals surface area contributed by atoms with Gasteiger partial charge in [-0.3, -0.25) is 4.79 Å². The Morgan fingerprint density at radius 1 is 1.35 bits per heavy atom. The average Bonchev–Trinajstić information content (AvgIpc) is 2.28. The number of halogens is 3. The minimum atomic E-state index is -0.145. The monoisotopic (exact) mass is 337 g/mol. The number of hydrogen-bond acceptors (Lipinski definition) is 1. The molecule has 0 aromatic heterocycles. The van der Waals surface area contributed by atoms with Gasteiger partial charge in [0.25, 0.3) is 5.91 Å². The van der Waals surface area contributed by atoms with Crippen molar-refractivity contribution in [2.75, 3.05) is 6.54 Å². The number of hydrogen-bond donors (Lipinski definition) is 1. The van der Waals surface area contributed by atoms with Crippen molar-refractivity contribution in [3.63, 3.8) is 0 Å². The van der Waals surface area contributed by atoms with Gasteiger partial charge in [0.05, 0.1) is 10.0 Å². The third kappa shape index (κ3) is 4.49. The van der Waals surface area contributed by atoms with Crippen molar-refractivity contribution >= 4 is 45.0 Å². The Bertz CT molecular complexity index is 409. The molecule has 1 amide bonds. The van der Waals surface area contributed by atoms with E-state index < -0.39 is 0 Å². The molecule has 1 aromatic rings. The predicted octanol–water partition coefficient (Wildman–Crippen LogP) is 4.14. The minimum absolute atomic E-state index is 0.145. The average molecular weight is 339 g/mol. The summed E-state index contributed by atoms with van der Waals surface area (Å²) in [7, 11) is 0. The molecule has 0 bridgehead atoms. The Balaban J connectivity index is 2.61. The van der Waals surface area contributed by atoms with E-state index in [-0.39, 0.29) is 10.7 Å². The maximum Gasteiger partial charge on any atom is 0.251 e. The molecule has 17 heavy (non-hydrogen) atoms. The second-order valence-corrected chi connectivity index (χ2v) is 6.09. The maximum atomic E-state index is 11.8. The number of nitrogens with one attached hydrogen (secondary N) is 1. The van der Waals surface area contributed by atoms with Crippen LogP contribution in [0.25, 0.3) is 0 Å². The van der Waals surface area contributed by atoms with Crippen LogP contribution >= 0.6 is 39.1 Å². The van der Waals surface area contributed by atoms with Gasteiger partial charge < -0.3 is 5.32 Å². The van der Waals surface area contributed by atoms with Gasteiger partial charge >= 0.3 is 0 Å². The molecule has 0 aliphatic carbocycles. The Labute approximate surface area is 120 Å². The predicted molar refractivity (Wildman–Crippen MR) is 76.3 cm³/mol. The van der Waals surface area contributed by atoms with E-state index in [0.29, 0.717) is 28.1 Å². The zero-order valence-corrected chi connectivity index (χ0v) is 12.7. The second kappa shape index (κ2) is 6.62. The topological polar surface area (TPSA) is 29.1 Å². The van der Waals surface area contributed by atoms with E-state index in [1.807, 2.05) is 0 Å². The fourth-order valence-corrected chi connectivity index (χ4v) is 1.63. The lowest BCUT2D eigenvalue weighted by Gasteiger charge is -2.14. The van der Waals surface area contributed by atoms with Crippen LogP contribution in [0.1, 0.15) is 24.2 Å². The van der Waals surface area contributed by atoms with Crippen LogP contribution in [-0.2, 0) is 0 Å². The fourth-order valence-electron chi connectivity index (χ4n) is 1.17. The molecule has 0 aliphatic heterocycles. The van der Waals surface area contributed by atoms with Crippen LogP contribution in [0.15, 0.2) is 18.2 Å². The van der Waals surface area contributed by atoms with Crippen LogP contribution < -0.4 is 5.32 Å². The molecular formula is C12H14BrCl2NO. The fraction of sp³-hybridized carbons (Fsp3) is 0.417. The molecule has 0 aliphatic rings. The summed E-state index contributed by atoms with van der Waals surface area (Å²) in [6.45, 7) is 4.76. The van der Waals surface area contributed by atoms with Gasteiger partial charge in [-0.05, 0) is 24.1 Å². The molecule has 1 aromatic carbocycles. The van der Waals surface area contributed by atoms with Crippen molar-refractivity contribution in [3.8, 4) is 0 Å². The summed E-state index contributed by atoms with van der Waals surface area (Å²) in [5.74, 6) is 0.317. The third-order valence-corrected chi connectivity index (χ3v) is 4.48. The molecule has 1 unspecified atom stereocenters. The van der Waals surface area contributed by atoms with Crippen LogP contribution in [0.4, 0.5) is 0 Å². The Hall–Kier alpha value is -0.250. The van der Waals surface area contributed by atoms with E-state index in [1.165, 1.54) is 0 Å². The zero-order chi connectivity index (χ0) is 13.0. The summed E-state index contributed by atoms with van der Waals surface area (Å²) in [6, 6.07) is 4.84. The number of amides is 1. The van der Waals surface area contributed by atoms with Crippen molar-refractivity contribution in [1.82, 2.24) is 5.32 Å². The van der Waals surface area contributed by atoms with Gasteiger partial charge in [0.2, 0.25) is 0 Å². The Morgan fingerprint density at radius 2 is 2.00 bits per heavy atom. The van der Waals surface area contributed by atoms with Crippen molar-refractivity contribution in [2.45, 2.75) is 18.7 Å². The summed E-state index contributed by atoms with van der Waals surface area (Å²) < 4.78 is 0. The SMILES string of the molecule is CC(C)C(Br)CNC(=O)c1ccc(Cl)c(Cl)c1. The molecule has 0 heterocycles. The summed E-state index contributed by atoms with van der Waals surface area (Å²) in [6.07, 6.45) is 0. The molecule has 94 valence electrons. The van der Waals surface area contributed by atoms with Gasteiger partial charge in [-0.15, -0.1) is 0 Å². The minimum Gasteiger partial charge on any atom is -0.351 e. The Kier molecular flexibility index (Phi) is 5.77. The van der Waals surface area contributed by atoms with Crippen molar-refractivity contribution in [3.05, 3.63) is 33.8 Å². The summed E-state index contributed by atoms with van der Waals surface area (Å²) in [5.41, 5.74) is 0.517. The van der Waals surface area contributed by atoms with Crippen LogP contribution in [0.3, 0.4) is 0 Å². The first-order valence-corrected chi connectivity index (χ1v) is 6.96. The van der Waals surface area contributed by atoms with E-state index in [1.54, 1.807) is 18.2 Å². The number of carbonyl (C=O) groups is 1. The first kappa shape index (κ1) is 14.8. The molecular weight excluding hydrogens is 325 g/mol. The van der Waals surface area contributed by atoms with Gasteiger partial charge in [-0.1, -0.05) is 53.0 Å². The molecule has 0 saturated heterocycles. The first-order valence-electron chi connectivity index (χ1n) is 5.29. The lowest BCUT2D eigenvalue weighted by Crippen LogP contribution is -2.31. The van der Waals surface area contributed by atoms with Crippen molar-refractivity contribution < 1.29 is 4.79 Å². The lowest BCUT2D eigenvalue weighted by atomic mass is 10.1. The highest BCUT2D eigenvalue weighted by molar-refractivity contribution is 9.09. The molecule has 5 heteroatoms. The zero-order valence-electron chi connectivity index (χ0n) is 9.64.